The number of carbonyl (C=O) groups excluding carboxylic acids is 1. The number of amides is 1. The molecule has 1 saturated carbocycles. The first-order valence-corrected chi connectivity index (χ1v) is 7.02. The van der Waals surface area contributed by atoms with Crippen LogP contribution in [0.2, 0.25) is 0 Å². The summed E-state index contributed by atoms with van der Waals surface area (Å²) < 4.78 is 0. The topological polar surface area (TPSA) is 23.6 Å². The van der Waals surface area contributed by atoms with Crippen LogP contribution in [0.5, 0.6) is 0 Å². The number of hydrogen-bond donors (Lipinski definition) is 1. The van der Waals surface area contributed by atoms with Gasteiger partial charge in [-0.2, -0.15) is 0 Å². The predicted octanol–water partition coefficient (Wildman–Crippen LogP) is 1.90. The van der Waals surface area contributed by atoms with Gasteiger partial charge in [-0.25, -0.2) is 0 Å². The lowest BCUT2D eigenvalue weighted by Crippen LogP contribution is -2.49. The third kappa shape index (κ3) is 2.40. The van der Waals surface area contributed by atoms with Crippen LogP contribution < -0.4 is 0 Å². The third-order valence-electron chi connectivity index (χ3n) is 3.80. The summed E-state index contributed by atoms with van der Waals surface area (Å²) >= 11 is 4.36. The lowest BCUT2D eigenvalue weighted by Gasteiger charge is -2.35. The van der Waals surface area contributed by atoms with E-state index in [2.05, 4.69) is 17.5 Å². The number of thiol groups is 1. The highest BCUT2D eigenvalue weighted by molar-refractivity contribution is 7.80. The van der Waals surface area contributed by atoms with Gasteiger partial charge >= 0.3 is 0 Å². The highest BCUT2D eigenvalue weighted by atomic mass is 32.1. The van der Waals surface area contributed by atoms with Crippen LogP contribution in [0.15, 0.2) is 29.2 Å². The van der Waals surface area contributed by atoms with Crippen LogP contribution in [0.25, 0.3) is 0 Å². The fraction of sp³-hybridized carbons (Fsp3) is 0.500. The average molecular weight is 262 g/mol. The van der Waals surface area contributed by atoms with Crippen molar-refractivity contribution in [3.8, 4) is 0 Å². The van der Waals surface area contributed by atoms with E-state index in [1.54, 1.807) is 0 Å². The van der Waals surface area contributed by atoms with Crippen molar-refractivity contribution < 1.29 is 4.79 Å². The highest BCUT2D eigenvalue weighted by Gasteiger charge is 2.32. The first-order chi connectivity index (χ1) is 8.75. The minimum absolute atomic E-state index is 0.121. The van der Waals surface area contributed by atoms with Gasteiger partial charge in [-0.1, -0.05) is 12.1 Å². The molecule has 1 amide bonds. The van der Waals surface area contributed by atoms with Crippen LogP contribution in [-0.4, -0.2) is 47.9 Å². The monoisotopic (exact) mass is 262 g/mol. The number of carbonyl (C=O) groups is 1. The summed E-state index contributed by atoms with van der Waals surface area (Å²) in [6.45, 7) is 3.73. The second-order valence-electron chi connectivity index (χ2n) is 5.08. The van der Waals surface area contributed by atoms with Crippen molar-refractivity contribution in [2.24, 2.45) is 0 Å². The highest BCUT2D eigenvalue weighted by Crippen LogP contribution is 2.27. The van der Waals surface area contributed by atoms with Crippen LogP contribution in [0.1, 0.15) is 23.2 Å². The van der Waals surface area contributed by atoms with E-state index >= 15 is 0 Å². The molecule has 18 heavy (non-hydrogen) atoms. The number of nitrogens with zero attached hydrogens (tertiary/aromatic N) is 2. The van der Waals surface area contributed by atoms with Gasteiger partial charge in [0, 0.05) is 37.1 Å². The summed E-state index contributed by atoms with van der Waals surface area (Å²) in [6.07, 6.45) is 2.68. The maximum absolute atomic E-state index is 12.4. The Hall–Kier alpha value is -1.00. The smallest absolute Gasteiger partial charge is 0.255 e. The SMILES string of the molecule is O=C(c1ccccc1S)N1CCN(C2CC2)CC1. The van der Waals surface area contributed by atoms with E-state index in [0.717, 1.165) is 42.7 Å². The quantitative estimate of drug-likeness (QED) is 0.823. The van der Waals surface area contributed by atoms with E-state index in [-0.39, 0.29) is 5.91 Å². The molecule has 1 heterocycles. The fourth-order valence-corrected chi connectivity index (χ4v) is 2.81. The van der Waals surface area contributed by atoms with E-state index < -0.39 is 0 Å². The van der Waals surface area contributed by atoms with Crippen LogP contribution in [0.4, 0.5) is 0 Å². The Morgan fingerprint density at radius 2 is 1.78 bits per heavy atom. The number of rotatable bonds is 2. The molecular formula is C14H18N2OS. The molecule has 2 aliphatic rings. The normalized spacial score (nSPS) is 21.1. The van der Waals surface area contributed by atoms with E-state index in [9.17, 15) is 4.79 Å². The van der Waals surface area contributed by atoms with E-state index in [4.69, 9.17) is 0 Å². The Morgan fingerprint density at radius 3 is 2.39 bits per heavy atom. The van der Waals surface area contributed by atoms with E-state index in [1.807, 2.05) is 29.2 Å². The van der Waals surface area contributed by atoms with Gasteiger partial charge in [-0.05, 0) is 25.0 Å². The lowest BCUT2D eigenvalue weighted by atomic mass is 10.2. The molecule has 3 rings (SSSR count). The van der Waals surface area contributed by atoms with Crippen molar-refractivity contribution in [1.29, 1.82) is 0 Å². The van der Waals surface area contributed by atoms with Crippen molar-refractivity contribution in [3.63, 3.8) is 0 Å². The number of piperazine rings is 1. The van der Waals surface area contributed by atoms with Gasteiger partial charge in [0.25, 0.3) is 5.91 Å². The van der Waals surface area contributed by atoms with Gasteiger partial charge in [0.15, 0.2) is 0 Å². The van der Waals surface area contributed by atoms with Crippen LogP contribution in [0.3, 0.4) is 0 Å². The van der Waals surface area contributed by atoms with Crippen LogP contribution in [0, 0.1) is 0 Å². The van der Waals surface area contributed by atoms with E-state index in [0.29, 0.717) is 0 Å². The summed E-state index contributed by atoms with van der Waals surface area (Å²) in [4.78, 5) is 17.6. The zero-order chi connectivity index (χ0) is 12.5. The van der Waals surface area contributed by atoms with Gasteiger partial charge in [-0.15, -0.1) is 12.6 Å². The van der Waals surface area contributed by atoms with Gasteiger partial charge in [0.2, 0.25) is 0 Å². The van der Waals surface area contributed by atoms with Gasteiger partial charge in [0.1, 0.15) is 0 Å². The van der Waals surface area contributed by atoms with Crippen molar-refractivity contribution in [3.05, 3.63) is 29.8 Å². The molecule has 0 N–H and O–H groups in total. The van der Waals surface area contributed by atoms with Gasteiger partial charge in [-0.3, -0.25) is 9.69 Å². The maximum Gasteiger partial charge on any atom is 0.255 e. The zero-order valence-corrected chi connectivity index (χ0v) is 11.3. The Labute approximate surface area is 113 Å². The maximum atomic E-state index is 12.4. The molecule has 0 bridgehead atoms. The van der Waals surface area contributed by atoms with Crippen LogP contribution >= 0.6 is 12.6 Å². The van der Waals surface area contributed by atoms with Crippen molar-refractivity contribution in [1.82, 2.24) is 9.80 Å². The first kappa shape index (κ1) is 12.1. The van der Waals surface area contributed by atoms with E-state index in [1.165, 1.54) is 12.8 Å². The molecule has 2 fully saturated rings. The molecule has 0 atom stereocenters. The van der Waals surface area contributed by atoms with Gasteiger partial charge < -0.3 is 4.90 Å². The molecule has 96 valence electrons. The lowest BCUT2D eigenvalue weighted by molar-refractivity contribution is 0.0624. The second kappa shape index (κ2) is 4.94. The predicted molar refractivity (Wildman–Crippen MR) is 74.2 cm³/mol. The molecular weight excluding hydrogens is 244 g/mol. The van der Waals surface area contributed by atoms with Crippen molar-refractivity contribution >= 4 is 18.5 Å². The summed E-state index contributed by atoms with van der Waals surface area (Å²) in [5, 5.41) is 0. The van der Waals surface area contributed by atoms with Crippen LogP contribution in [-0.2, 0) is 0 Å². The van der Waals surface area contributed by atoms with Gasteiger partial charge in [0.05, 0.1) is 5.56 Å². The zero-order valence-electron chi connectivity index (χ0n) is 10.4. The summed E-state index contributed by atoms with van der Waals surface area (Å²) in [5.41, 5.74) is 0.723. The molecule has 0 unspecified atom stereocenters. The second-order valence-corrected chi connectivity index (χ2v) is 5.56. The molecule has 0 aromatic heterocycles. The fourth-order valence-electron chi connectivity index (χ4n) is 2.55. The first-order valence-electron chi connectivity index (χ1n) is 6.57. The van der Waals surface area contributed by atoms with Crippen molar-refractivity contribution in [2.75, 3.05) is 26.2 Å². The third-order valence-corrected chi connectivity index (χ3v) is 4.19. The molecule has 4 heteroatoms. The standard InChI is InChI=1S/C14H18N2OS/c17-14(12-3-1-2-4-13(12)18)16-9-7-15(8-10-16)11-5-6-11/h1-4,11,18H,5-10H2. The Morgan fingerprint density at radius 1 is 1.11 bits per heavy atom. The Kier molecular flexibility index (Phi) is 3.31. The molecule has 0 spiro atoms. The Balaban J connectivity index is 1.65. The molecule has 0 radical (unpaired) electrons. The average Bonchev–Trinajstić information content (AvgIpc) is 3.23. The summed E-state index contributed by atoms with van der Waals surface area (Å²) in [6, 6.07) is 8.34. The molecule has 1 aliphatic carbocycles. The minimum atomic E-state index is 0.121. The number of hydrogen-bond acceptors (Lipinski definition) is 3. The molecule has 3 nitrogen and oxygen atoms in total. The molecule has 1 saturated heterocycles. The molecule has 1 aromatic carbocycles. The summed E-state index contributed by atoms with van der Waals surface area (Å²) in [7, 11) is 0. The molecule has 1 aliphatic heterocycles. The Bertz CT molecular complexity index is 451. The van der Waals surface area contributed by atoms with Crippen molar-refractivity contribution in [2.45, 2.75) is 23.8 Å². The molecule has 1 aromatic rings. The minimum Gasteiger partial charge on any atom is -0.336 e. The number of benzene rings is 1. The largest absolute Gasteiger partial charge is 0.336 e. The summed E-state index contributed by atoms with van der Waals surface area (Å²) in [5.74, 6) is 0.121.